The lowest BCUT2D eigenvalue weighted by Crippen LogP contribution is -2.42. The first-order chi connectivity index (χ1) is 7.77. The van der Waals surface area contributed by atoms with Gasteiger partial charge in [-0.3, -0.25) is 4.79 Å². The first-order valence-corrected chi connectivity index (χ1v) is 6.33. The van der Waals surface area contributed by atoms with Crippen LogP contribution in [0.5, 0.6) is 0 Å². The third-order valence-electron chi connectivity index (χ3n) is 3.36. The summed E-state index contributed by atoms with van der Waals surface area (Å²) in [6.07, 6.45) is 4.73. The van der Waals surface area contributed by atoms with Gasteiger partial charge in [0.2, 0.25) is 5.91 Å². The van der Waals surface area contributed by atoms with Crippen LogP contribution >= 0.6 is 12.4 Å². The van der Waals surface area contributed by atoms with Crippen LogP contribution in [-0.2, 0) is 9.53 Å². The van der Waals surface area contributed by atoms with E-state index in [0.717, 1.165) is 31.9 Å². The van der Waals surface area contributed by atoms with Gasteiger partial charge in [0.05, 0.1) is 12.6 Å². The molecule has 1 heterocycles. The van der Waals surface area contributed by atoms with Crippen LogP contribution in [0.15, 0.2) is 0 Å². The summed E-state index contributed by atoms with van der Waals surface area (Å²) >= 11 is 0. The number of nitrogens with zero attached hydrogens (tertiary/aromatic N) is 1. The van der Waals surface area contributed by atoms with Gasteiger partial charge in [-0.2, -0.15) is 0 Å². The summed E-state index contributed by atoms with van der Waals surface area (Å²) < 4.78 is 5.53. The lowest BCUT2D eigenvalue weighted by atomic mass is 10.2. The first kappa shape index (κ1) is 14.7. The van der Waals surface area contributed by atoms with Crippen molar-refractivity contribution in [2.45, 2.75) is 31.7 Å². The molecule has 0 spiro atoms. The average Bonchev–Trinajstić information content (AvgIpc) is 2.95. The zero-order valence-electron chi connectivity index (χ0n) is 10.5. The van der Waals surface area contributed by atoms with Crippen molar-refractivity contribution in [3.63, 3.8) is 0 Å². The van der Waals surface area contributed by atoms with Gasteiger partial charge in [0, 0.05) is 20.2 Å². The molecule has 1 aliphatic heterocycles. The van der Waals surface area contributed by atoms with Crippen molar-refractivity contribution in [2.24, 2.45) is 5.92 Å². The lowest BCUT2D eigenvalue weighted by molar-refractivity contribution is -0.132. The third kappa shape index (κ3) is 4.82. The number of ether oxygens (including phenoxy) is 1. The Bertz CT molecular complexity index is 241. The summed E-state index contributed by atoms with van der Waals surface area (Å²) in [5.74, 6) is 1.02. The monoisotopic (exact) mass is 262 g/mol. The van der Waals surface area contributed by atoms with Crippen LogP contribution in [0.2, 0.25) is 0 Å². The van der Waals surface area contributed by atoms with E-state index in [0.29, 0.717) is 13.2 Å². The standard InChI is InChI=1S/C12H22N2O2.ClH/c1-14(7-8-16-9-10-4-5-10)12(15)11-3-2-6-13-11;/h10-11,13H,2-9H2,1H3;1H. The van der Waals surface area contributed by atoms with Crippen molar-refractivity contribution in [1.29, 1.82) is 0 Å². The smallest absolute Gasteiger partial charge is 0.239 e. The highest BCUT2D eigenvalue weighted by Crippen LogP contribution is 2.28. The van der Waals surface area contributed by atoms with Crippen LogP contribution in [0.1, 0.15) is 25.7 Å². The van der Waals surface area contributed by atoms with Gasteiger partial charge in [0.1, 0.15) is 0 Å². The minimum atomic E-state index is 0. The summed E-state index contributed by atoms with van der Waals surface area (Å²) in [7, 11) is 1.86. The number of hydrogen-bond donors (Lipinski definition) is 1. The normalized spacial score (nSPS) is 23.2. The van der Waals surface area contributed by atoms with Crippen LogP contribution in [0.3, 0.4) is 0 Å². The van der Waals surface area contributed by atoms with Crippen LogP contribution in [0, 0.1) is 5.92 Å². The van der Waals surface area contributed by atoms with E-state index >= 15 is 0 Å². The van der Waals surface area contributed by atoms with Crippen molar-refractivity contribution >= 4 is 18.3 Å². The largest absolute Gasteiger partial charge is 0.379 e. The van der Waals surface area contributed by atoms with Gasteiger partial charge in [-0.15, -0.1) is 12.4 Å². The molecule has 1 amide bonds. The Balaban J connectivity index is 0.00000144. The highest BCUT2D eigenvalue weighted by molar-refractivity contribution is 5.85. The molecule has 2 rings (SSSR count). The van der Waals surface area contributed by atoms with Crippen molar-refractivity contribution < 1.29 is 9.53 Å². The Morgan fingerprint density at radius 1 is 1.41 bits per heavy atom. The zero-order chi connectivity index (χ0) is 11.4. The number of carbonyl (C=O) groups excluding carboxylic acids is 1. The molecule has 1 atom stereocenters. The van der Waals surface area contributed by atoms with Crippen molar-refractivity contribution in [1.82, 2.24) is 10.2 Å². The highest BCUT2D eigenvalue weighted by atomic mass is 35.5. The second-order valence-electron chi connectivity index (χ2n) is 4.93. The van der Waals surface area contributed by atoms with E-state index in [9.17, 15) is 4.79 Å². The van der Waals surface area contributed by atoms with Gasteiger partial charge >= 0.3 is 0 Å². The molecule has 1 unspecified atom stereocenters. The van der Waals surface area contributed by atoms with Crippen LogP contribution in [-0.4, -0.2) is 50.2 Å². The van der Waals surface area contributed by atoms with E-state index in [1.54, 1.807) is 4.90 Å². The maximum atomic E-state index is 11.9. The van der Waals surface area contributed by atoms with E-state index in [1.165, 1.54) is 12.8 Å². The number of halogens is 1. The molecule has 0 bridgehead atoms. The number of rotatable bonds is 6. The molecule has 4 nitrogen and oxygen atoms in total. The Morgan fingerprint density at radius 3 is 2.76 bits per heavy atom. The molecule has 17 heavy (non-hydrogen) atoms. The number of nitrogens with one attached hydrogen (secondary N) is 1. The van der Waals surface area contributed by atoms with E-state index < -0.39 is 0 Å². The van der Waals surface area contributed by atoms with E-state index in [2.05, 4.69) is 5.32 Å². The molecular formula is C12H23ClN2O2. The summed E-state index contributed by atoms with van der Waals surface area (Å²) in [6, 6.07) is 0.0495. The maximum absolute atomic E-state index is 11.9. The molecule has 100 valence electrons. The number of carbonyl (C=O) groups is 1. The van der Waals surface area contributed by atoms with Crippen LogP contribution < -0.4 is 5.32 Å². The predicted molar refractivity (Wildman–Crippen MR) is 69.5 cm³/mol. The average molecular weight is 263 g/mol. The van der Waals surface area contributed by atoms with Gasteiger partial charge in [-0.1, -0.05) is 0 Å². The molecule has 1 saturated carbocycles. The Labute approximate surface area is 109 Å². The molecule has 0 aromatic heterocycles. The van der Waals surface area contributed by atoms with Gasteiger partial charge in [0.15, 0.2) is 0 Å². The molecule has 0 radical (unpaired) electrons. The number of amides is 1. The second kappa shape index (κ2) is 7.19. The van der Waals surface area contributed by atoms with Crippen LogP contribution in [0.4, 0.5) is 0 Å². The van der Waals surface area contributed by atoms with Gasteiger partial charge < -0.3 is 15.0 Å². The van der Waals surface area contributed by atoms with E-state index in [4.69, 9.17) is 4.74 Å². The van der Waals surface area contributed by atoms with Gasteiger partial charge in [0.25, 0.3) is 0 Å². The van der Waals surface area contributed by atoms with Crippen molar-refractivity contribution in [3.05, 3.63) is 0 Å². The maximum Gasteiger partial charge on any atom is 0.239 e. The minimum Gasteiger partial charge on any atom is -0.379 e. The fourth-order valence-electron chi connectivity index (χ4n) is 2.01. The molecule has 1 aliphatic carbocycles. The molecule has 0 aromatic carbocycles. The number of likely N-dealkylation sites (N-methyl/N-ethyl adjacent to an activating group) is 1. The summed E-state index contributed by atoms with van der Waals surface area (Å²) in [5.41, 5.74) is 0. The molecule has 1 N–H and O–H groups in total. The van der Waals surface area contributed by atoms with Crippen molar-refractivity contribution in [3.8, 4) is 0 Å². The number of hydrogen-bond acceptors (Lipinski definition) is 3. The molecular weight excluding hydrogens is 240 g/mol. The highest BCUT2D eigenvalue weighted by Gasteiger charge is 2.25. The topological polar surface area (TPSA) is 41.6 Å². The molecule has 5 heteroatoms. The third-order valence-corrected chi connectivity index (χ3v) is 3.36. The lowest BCUT2D eigenvalue weighted by Gasteiger charge is -2.21. The first-order valence-electron chi connectivity index (χ1n) is 6.33. The summed E-state index contributed by atoms with van der Waals surface area (Å²) in [5, 5.41) is 3.22. The molecule has 2 aliphatic rings. The van der Waals surface area contributed by atoms with Crippen LogP contribution in [0.25, 0.3) is 0 Å². The fourth-order valence-corrected chi connectivity index (χ4v) is 2.01. The Kier molecular flexibility index (Phi) is 6.23. The summed E-state index contributed by atoms with van der Waals surface area (Å²) in [4.78, 5) is 13.7. The fraction of sp³-hybridized carbons (Fsp3) is 0.917. The minimum absolute atomic E-state index is 0. The SMILES string of the molecule is CN(CCOCC1CC1)C(=O)C1CCCN1.Cl. The van der Waals surface area contributed by atoms with Gasteiger partial charge in [-0.05, 0) is 38.1 Å². The molecule has 1 saturated heterocycles. The summed E-state index contributed by atoms with van der Waals surface area (Å²) in [6.45, 7) is 3.24. The van der Waals surface area contributed by atoms with Gasteiger partial charge in [-0.25, -0.2) is 0 Å². The molecule has 2 fully saturated rings. The predicted octanol–water partition coefficient (Wildman–Crippen LogP) is 1.05. The van der Waals surface area contributed by atoms with Crippen molar-refractivity contribution in [2.75, 3.05) is 33.4 Å². The second-order valence-corrected chi connectivity index (χ2v) is 4.93. The zero-order valence-corrected chi connectivity index (χ0v) is 11.3. The van der Waals surface area contributed by atoms with E-state index in [1.807, 2.05) is 7.05 Å². The Morgan fingerprint density at radius 2 is 2.18 bits per heavy atom. The Hall–Kier alpha value is -0.320. The molecule has 0 aromatic rings. The van der Waals surface area contributed by atoms with E-state index in [-0.39, 0.29) is 24.4 Å². The quantitative estimate of drug-likeness (QED) is 0.728.